The molecule has 0 atom stereocenters. The van der Waals surface area contributed by atoms with Crippen LogP contribution in [0.15, 0.2) is 24.3 Å². The molecule has 0 aliphatic carbocycles. The van der Waals surface area contributed by atoms with Crippen LogP contribution in [-0.4, -0.2) is 29.3 Å². The van der Waals surface area contributed by atoms with E-state index in [2.05, 4.69) is 30.3 Å². The number of aromatic nitrogens is 2. The average molecular weight is 329 g/mol. The standard InChI is InChI=1S/C19H27N3O2/c1-13(2)10-16-12-17(22(4)21-16)19(23)20-9-8-15-6-7-18(24-5)14(3)11-15/h6-7,11-13H,8-10H2,1-5H3,(H,20,23). The Bertz CT molecular complexity index is 705. The van der Waals surface area contributed by atoms with Crippen molar-refractivity contribution in [1.82, 2.24) is 15.1 Å². The number of hydrogen-bond donors (Lipinski definition) is 1. The second-order valence-electron chi connectivity index (χ2n) is 6.55. The van der Waals surface area contributed by atoms with E-state index in [9.17, 15) is 4.79 Å². The molecule has 2 rings (SSSR count). The van der Waals surface area contributed by atoms with Gasteiger partial charge in [-0.25, -0.2) is 0 Å². The first-order chi connectivity index (χ1) is 11.4. The van der Waals surface area contributed by atoms with Gasteiger partial charge in [0, 0.05) is 13.6 Å². The van der Waals surface area contributed by atoms with Gasteiger partial charge < -0.3 is 10.1 Å². The Kier molecular flexibility index (Phi) is 6.01. The quantitative estimate of drug-likeness (QED) is 0.850. The summed E-state index contributed by atoms with van der Waals surface area (Å²) in [5, 5.41) is 7.38. The normalized spacial score (nSPS) is 10.9. The third-order valence-electron chi connectivity index (χ3n) is 3.94. The lowest BCUT2D eigenvalue weighted by Gasteiger charge is -2.08. The van der Waals surface area contributed by atoms with Crippen LogP contribution < -0.4 is 10.1 Å². The number of hydrogen-bond acceptors (Lipinski definition) is 3. The van der Waals surface area contributed by atoms with E-state index < -0.39 is 0 Å². The third kappa shape index (κ3) is 4.60. The number of ether oxygens (including phenoxy) is 1. The highest BCUT2D eigenvalue weighted by Crippen LogP contribution is 2.18. The summed E-state index contributed by atoms with van der Waals surface area (Å²) >= 11 is 0. The van der Waals surface area contributed by atoms with E-state index in [1.54, 1.807) is 11.8 Å². The van der Waals surface area contributed by atoms with Gasteiger partial charge >= 0.3 is 0 Å². The van der Waals surface area contributed by atoms with Crippen molar-refractivity contribution in [3.63, 3.8) is 0 Å². The predicted molar refractivity (Wildman–Crippen MR) is 95.5 cm³/mol. The monoisotopic (exact) mass is 329 g/mol. The van der Waals surface area contributed by atoms with Crippen molar-refractivity contribution in [3.8, 4) is 5.75 Å². The molecule has 1 amide bonds. The zero-order valence-electron chi connectivity index (χ0n) is 15.2. The summed E-state index contributed by atoms with van der Waals surface area (Å²) in [6.45, 7) is 6.90. The number of carbonyl (C=O) groups excluding carboxylic acids is 1. The summed E-state index contributed by atoms with van der Waals surface area (Å²) in [6.07, 6.45) is 1.67. The van der Waals surface area contributed by atoms with E-state index >= 15 is 0 Å². The van der Waals surface area contributed by atoms with Gasteiger partial charge in [0.1, 0.15) is 11.4 Å². The van der Waals surface area contributed by atoms with Crippen LogP contribution in [0.2, 0.25) is 0 Å². The molecule has 130 valence electrons. The topological polar surface area (TPSA) is 56.1 Å². The molecule has 1 heterocycles. The van der Waals surface area contributed by atoms with Crippen molar-refractivity contribution in [3.05, 3.63) is 46.8 Å². The number of methoxy groups -OCH3 is 1. The summed E-state index contributed by atoms with van der Waals surface area (Å²) in [5.41, 5.74) is 3.85. The summed E-state index contributed by atoms with van der Waals surface area (Å²) in [4.78, 5) is 12.3. The molecule has 1 N–H and O–H groups in total. The molecule has 0 aliphatic rings. The predicted octanol–water partition coefficient (Wildman–Crippen LogP) is 2.91. The number of benzene rings is 1. The fourth-order valence-corrected chi connectivity index (χ4v) is 2.76. The number of carbonyl (C=O) groups is 1. The maximum absolute atomic E-state index is 12.3. The van der Waals surface area contributed by atoms with Crippen molar-refractivity contribution >= 4 is 5.91 Å². The van der Waals surface area contributed by atoms with Gasteiger partial charge in [0.2, 0.25) is 0 Å². The molecule has 0 radical (unpaired) electrons. The van der Waals surface area contributed by atoms with Gasteiger partial charge in [0.25, 0.3) is 5.91 Å². The Morgan fingerprint density at radius 2 is 2.08 bits per heavy atom. The van der Waals surface area contributed by atoms with Gasteiger partial charge in [-0.2, -0.15) is 5.10 Å². The number of nitrogens with zero attached hydrogens (tertiary/aromatic N) is 2. The van der Waals surface area contributed by atoms with Crippen LogP contribution in [0, 0.1) is 12.8 Å². The molecule has 24 heavy (non-hydrogen) atoms. The average Bonchev–Trinajstić information content (AvgIpc) is 2.87. The molecule has 2 aromatic rings. The van der Waals surface area contributed by atoms with Crippen LogP contribution in [0.3, 0.4) is 0 Å². The molecule has 5 heteroatoms. The molecular weight excluding hydrogens is 302 g/mol. The van der Waals surface area contributed by atoms with Gasteiger partial charge in [-0.1, -0.05) is 26.0 Å². The highest BCUT2D eigenvalue weighted by atomic mass is 16.5. The lowest BCUT2D eigenvalue weighted by atomic mass is 10.1. The van der Waals surface area contributed by atoms with Gasteiger partial charge in [-0.05, 0) is 48.9 Å². The Morgan fingerprint density at radius 1 is 1.33 bits per heavy atom. The highest BCUT2D eigenvalue weighted by Gasteiger charge is 2.13. The maximum atomic E-state index is 12.3. The largest absolute Gasteiger partial charge is 0.496 e. The first-order valence-corrected chi connectivity index (χ1v) is 8.35. The molecule has 0 spiro atoms. The summed E-state index contributed by atoms with van der Waals surface area (Å²) in [5.74, 6) is 1.33. The number of amides is 1. The minimum atomic E-state index is -0.0785. The van der Waals surface area contributed by atoms with Crippen LogP contribution in [0.4, 0.5) is 0 Å². The van der Waals surface area contributed by atoms with Crippen molar-refractivity contribution in [2.45, 2.75) is 33.6 Å². The highest BCUT2D eigenvalue weighted by molar-refractivity contribution is 5.92. The Morgan fingerprint density at radius 3 is 2.71 bits per heavy atom. The Balaban J connectivity index is 1.91. The van der Waals surface area contributed by atoms with E-state index in [1.165, 1.54) is 5.56 Å². The maximum Gasteiger partial charge on any atom is 0.269 e. The molecule has 5 nitrogen and oxygen atoms in total. The van der Waals surface area contributed by atoms with Gasteiger partial charge in [0.05, 0.1) is 12.8 Å². The molecule has 0 aliphatic heterocycles. The van der Waals surface area contributed by atoms with E-state index in [0.29, 0.717) is 18.2 Å². The van der Waals surface area contributed by atoms with Crippen molar-refractivity contribution < 1.29 is 9.53 Å². The fourth-order valence-electron chi connectivity index (χ4n) is 2.76. The van der Waals surface area contributed by atoms with Crippen molar-refractivity contribution in [2.75, 3.05) is 13.7 Å². The van der Waals surface area contributed by atoms with Crippen molar-refractivity contribution in [2.24, 2.45) is 13.0 Å². The Hall–Kier alpha value is -2.30. The van der Waals surface area contributed by atoms with Gasteiger partial charge in [-0.3, -0.25) is 9.48 Å². The van der Waals surface area contributed by atoms with E-state index in [0.717, 1.165) is 29.8 Å². The summed E-state index contributed by atoms with van der Waals surface area (Å²) in [6, 6.07) is 7.97. The molecule has 0 saturated heterocycles. The van der Waals surface area contributed by atoms with Crippen LogP contribution in [0.5, 0.6) is 5.75 Å². The first-order valence-electron chi connectivity index (χ1n) is 8.35. The third-order valence-corrected chi connectivity index (χ3v) is 3.94. The van der Waals surface area contributed by atoms with Crippen LogP contribution >= 0.6 is 0 Å². The molecule has 1 aromatic carbocycles. The summed E-state index contributed by atoms with van der Waals surface area (Å²) in [7, 11) is 3.48. The second kappa shape index (κ2) is 7.99. The zero-order valence-corrected chi connectivity index (χ0v) is 15.2. The summed E-state index contributed by atoms with van der Waals surface area (Å²) < 4.78 is 6.92. The first kappa shape index (κ1) is 18.0. The minimum Gasteiger partial charge on any atom is -0.496 e. The van der Waals surface area contributed by atoms with Crippen LogP contribution in [-0.2, 0) is 19.9 Å². The van der Waals surface area contributed by atoms with Crippen molar-refractivity contribution in [1.29, 1.82) is 0 Å². The van der Waals surface area contributed by atoms with Crippen LogP contribution in [0.1, 0.15) is 41.2 Å². The lowest BCUT2D eigenvalue weighted by molar-refractivity contribution is 0.0944. The molecule has 1 aromatic heterocycles. The molecule has 0 saturated carbocycles. The van der Waals surface area contributed by atoms with E-state index in [-0.39, 0.29) is 5.91 Å². The molecule has 0 unspecified atom stereocenters. The Labute approximate surface area is 144 Å². The van der Waals surface area contributed by atoms with Gasteiger partial charge in [0.15, 0.2) is 0 Å². The van der Waals surface area contributed by atoms with Gasteiger partial charge in [-0.15, -0.1) is 0 Å². The number of rotatable bonds is 7. The second-order valence-corrected chi connectivity index (χ2v) is 6.55. The van der Waals surface area contributed by atoms with E-state index in [1.807, 2.05) is 32.2 Å². The number of aryl methyl sites for hydroxylation is 2. The smallest absolute Gasteiger partial charge is 0.269 e. The molecule has 0 bridgehead atoms. The lowest BCUT2D eigenvalue weighted by Crippen LogP contribution is -2.27. The molecular formula is C19H27N3O2. The minimum absolute atomic E-state index is 0.0785. The number of nitrogens with one attached hydrogen (secondary N) is 1. The fraction of sp³-hybridized carbons (Fsp3) is 0.474. The van der Waals surface area contributed by atoms with Crippen LogP contribution in [0.25, 0.3) is 0 Å². The zero-order chi connectivity index (χ0) is 17.7. The SMILES string of the molecule is COc1ccc(CCNC(=O)c2cc(CC(C)C)nn2C)cc1C. The van der Waals surface area contributed by atoms with E-state index in [4.69, 9.17) is 4.74 Å². The molecule has 0 fully saturated rings.